The Kier molecular flexibility index (Phi) is 3.37. The van der Waals surface area contributed by atoms with Gasteiger partial charge in [0.25, 0.3) is 5.91 Å². The second-order valence-corrected chi connectivity index (χ2v) is 5.50. The average Bonchev–Trinajstić information content (AvgIpc) is 2.85. The van der Waals surface area contributed by atoms with Crippen LogP contribution in [0.15, 0.2) is 18.2 Å². The summed E-state index contributed by atoms with van der Waals surface area (Å²) in [5, 5.41) is 11.7. The minimum atomic E-state index is -0.789. The molecule has 0 atom stereocenters. The van der Waals surface area contributed by atoms with Crippen LogP contribution in [0.4, 0.5) is 5.69 Å². The molecule has 0 unspecified atom stereocenters. The van der Waals surface area contributed by atoms with Crippen LogP contribution in [0.3, 0.4) is 0 Å². The van der Waals surface area contributed by atoms with Gasteiger partial charge in [0.05, 0.1) is 12.3 Å². The Morgan fingerprint density at radius 1 is 1.24 bits per heavy atom. The van der Waals surface area contributed by atoms with E-state index >= 15 is 0 Å². The fraction of sp³-hybridized carbons (Fsp3) is 0.400. The van der Waals surface area contributed by atoms with Crippen LogP contribution in [0.1, 0.15) is 28.8 Å². The summed E-state index contributed by atoms with van der Waals surface area (Å²) in [6.07, 6.45) is 1.33. The maximum absolute atomic E-state index is 12.4. The van der Waals surface area contributed by atoms with Gasteiger partial charge in [0.15, 0.2) is 0 Å². The predicted molar refractivity (Wildman–Crippen MR) is 75.0 cm³/mol. The predicted octanol–water partition coefficient (Wildman–Crippen LogP) is 1.12. The van der Waals surface area contributed by atoms with Gasteiger partial charge >= 0.3 is 5.97 Å². The Morgan fingerprint density at radius 3 is 2.62 bits per heavy atom. The third-order valence-corrected chi connectivity index (χ3v) is 4.11. The number of likely N-dealkylation sites (tertiary alicyclic amines) is 1. The zero-order chi connectivity index (χ0) is 15.0. The number of carbonyl (C=O) groups excluding carboxylic acids is 2. The highest BCUT2D eigenvalue weighted by Gasteiger charge is 2.28. The van der Waals surface area contributed by atoms with E-state index in [1.54, 1.807) is 23.1 Å². The fourth-order valence-corrected chi connectivity index (χ4v) is 2.86. The van der Waals surface area contributed by atoms with Crippen LogP contribution in [0, 0.1) is 5.92 Å². The summed E-state index contributed by atoms with van der Waals surface area (Å²) in [4.78, 5) is 36.3. The van der Waals surface area contributed by atoms with Gasteiger partial charge in [-0.1, -0.05) is 6.07 Å². The first-order valence-electron chi connectivity index (χ1n) is 6.99. The third kappa shape index (κ3) is 2.61. The number of nitrogens with one attached hydrogen (secondary N) is 1. The lowest BCUT2D eigenvalue weighted by Crippen LogP contribution is -2.40. The molecule has 0 spiro atoms. The molecule has 2 aliphatic heterocycles. The smallest absolute Gasteiger partial charge is 0.306 e. The normalized spacial score (nSPS) is 18.3. The minimum Gasteiger partial charge on any atom is -0.481 e. The van der Waals surface area contributed by atoms with Gasteiger partial charge in [-0.05, 0) is 30.5 Å². The van der Waals surface area contributed by atoms with Crippen LogP contribution in [-0.2, 0) is 16.0 Å². The van der Waals surface area contributed by atoms with E-state index in [4.69, 9.17) is 5.11 Å². The van der Waals surface area contributed by atoms with Gasteiger partial charge in [-0.3, -0.25) is 14.4 Å². The van der Waals surface area contributed by atoms with Crippen molar-refractivity contribution in [2.24, 2.45) is 5.92 Å². The van der Waals surface area contributed by atoms with Gasteiger partial charge in [-0.25, -0.2) is 0 Å². The monoisotopic (exact) mass is 288 g/mol. The Morgan fingerprint density at radius 2 is 1.95 bits per heavy atom. The molecule has 0 aliphatic carbocycles. The highest BCUT2D eigenvalue weighted by molar-refractivity contribution is 6.02. The third-order valence-electron chi connectivity index (χ3n) is 4.11. The van der Waals surface area contributed by atoms with E-state index in [0.717, 1.165) is 5.56 Å². The number of hydrogen-bond donors (Lipinski definition) is 2. The van der Waals surface area contributed by atoms with Crippen LogP contribution in [0.2, 0.25) is 0 Å². The van der Waals surface area contributed by atoms with Crippen molar-refractivity contribution in [1.29, 1.82) is 0 Å². The molecule has 0 aromatic heterocycles. The molecular formula is C15H16N2O4. The number of piperidine rings is 1. The molecule has 2 N–H and O–H groups in total. The SMILES string of the molecule is O=C1Cc2ccc(C(=O)N3CCC(C(=O)O)CC3)cc2N1. The molecule has 110 valence electrons. The summed E-state index contributed by atoms with van der Waals surface area (Å²) < 4.78 is 0. The molecule has 1 saturated heterocycles. The van der Waals surface area contributed by atoms with E-state index in [0.29, 0.717) is 43.6 Å². The number of benzene rings is 1. The molecule has 1 aromatic carbocycles. The fourth-order valence-electron chi connectivity index (χ4n) is 2.86. The quantitative estimate of drug-likeness (QED) is 0.853. The molecule has 0 saturated carbocycles. The number of fused-ring (bicyclic) bond motifs is 1. The van der Waals surface area contributed by atoms with E-state index in [9.17, 15) is 14.4 Å². The molecule has 6 heteroatoms. The highest BCUT2D eigenvalue weighted by atomic mass is 16.4. The Balaban J connectivity index is 1.71. The molecule has 2 amide bonds. The molecule has 0 bridgehead atoms. The second kappa shape index (κ2) is 5.20. The molecule has 2 aliphatic rings. The molecule has 1 aromatic rings. The van der Waals surface area contributed by atoms with Crippen LogP contribution in [0.5, 0.6) is 0 Å². The highest BCUT2D eigenvalue weighted by Crippen LogP contribution is 2.26. The Bertz CT molecular complexity index is 618. The van der Waals surface area contributed by atoms with E-state index in [-0.39, 0.29) is 17.7 Å². The van der Waals surface area contributed by atoms with E-state index < -0.39 is 5.97 Å². The number of rotatable bonds is 2. The van der Waals surface area contributed by atoms with Crippen molar-refractivity contribution in [3.8, 4) is 0 Å². The maximum Gasteiger partial charge on any atom is 0.306 e. The zero-order valence-electron chi connectivity index (χ0n) is 11.5. The number of amides is 2. The lowest BCUT2D eigenvalue weighted by atomic mass is 9.96. The molecule has 21 heavy (non-hydrogen) atoms. The summed E-state index contributed by atoms with van der Waals surface area (Å²) in [5.41, 5.74) is 2.14. The number of carboxylic acids is 1. The van der Waals surface area contributed by atoms with Gasteiger partial charge < -0.3 is 15.3 Å². The van der Waals surface area contributed by atoms with E-state index in [2.05, 4.69) is 5.32 Å². The van der Waals surface area contributed by atoms with Crippen LogP contribution in [-0.4, -0.2) is 40.9 Å². The van der Waals surface area contributed by atoms with Gasteiger partial charge in [-0.15, -0.1) is 0 Å². The van der Waals surface area contributed by atoms with Crippen molar-refractivity contribution < 1.29 is 19.5 Å². The Labute approximate surface area is 121 Å². The molecule has 1 fully saturated rings. The molecule has 6 nitrogen and oxygen atoms in total. The second-order valence-electron chi connectivity index (χ2n) is 5.50. The Hall–Kier alpha value is -2.37. The van der Waals surface area contributed by atoms with E-state index in [1.807, 2.05) is 0 Å². The summed E-state index contributed by atoms with van der Waals surface area (Å²) in [5.74, 6) is -1.31. The zero-order valence-corrected chi connectivity index (χ0v) is 11.5. The van der Waals surface area contributed by atoms with Crippen molar-refractivity contribution in [2.45, 2.75) is 19.3 Å². The minimum absolute atomic E-state index is 0.0585. The first kappa shape index (κ1) is 13.6. The number of carbonyl (C=O) groups is 3. The van der Waals surface area contributed by atoms with Crippen LogP contribution < -0.4 is 5.32 Å². The molecule has 3 rings (SSSR count). The lowest BCUT2D eigenvalue weighted by Gasteiger charge is -2.30. The molecular weight excluding hydrogens is 272 g/mol. The topological polar surface area (TPSA) is 86.7 Å². The summed E-state index contributed by atoms with van der Waals surface area (Å²) in [6, 6.07) is 5.22. The summed E-state index contributed by atoms with van der Waals surface area (Å²) >= 11 is 0. The standard InChI is InChI=1S/C15H16N2O4/c18-13-8-10-1-2-11(7-12(10)16-13)14(19)17-5-3-9(4-6-17)15(20)21/h1-2,7,9H,3-6,8H2,(H,16,18)(H,20,21). The first-order valence-corrected chi connectivity index (χ1v) is 6.99. The van der Waals surface area contributed by atoms with Crippen molar-refractivity contribution in [1.82, 2.24) is 4.90 Å². The molecule has 0 radical (unpaired) electrons. The molecule has 2 heterocycles. The van der Waals surface area contributed by atoms with Crippen LogP contribution >= 0.6 is 0 Å². The lowest BCUT2D eigenvalue weighted by molar-refractivity contribution is -0.143. The average molecular weight is 288 g/mol. The van der Waals surface area contributed by atoms with Crippen LogP contribution in [0.25, 0.3) is 0 Å². The van der Waals surface area contributed by atoms with Crippen molar-refractivity contribution in [3.63, 3.8) is 0 Å². The van der Waals surface area contributed by atoms with E-state index in [1.165, 1.54) is 0 Å². The van der Waals surface area contributed by atoms with Gasteiger partial charge in [0.1, 0.15) is 0 Å². The first-order chi connectivity index (χ1) is 10.0. The maximum atomic E-state index is 12.4. The largest absolute Gasteiger partial charge is 0.481 e. The number of hydrogen-bond acceptors (Lipinski definition) is 3. The number of anilines is 1. The summed E-state index contributed by atoms with van der Waals surface area (Å²) in [6.45, 7) is 0.915. The van der Waals surface area contributed by atoms with Gasteiger partial charge in [0, 0.05) is 24.3 Å². The number of aliphatic carboxylic acids is 1. The van der Waals surface area contributed by atoms with Crippen molar-refractivity contribution in [3.05, 3.63) is 29.3 Å². The summed E-state index contributed by atoms with van der Waals surface area (Å²) in [7, 11) is 0. The van der Waals surface area contributed by atoms with Gasteiger partial charge in [0.2, 0.25) is 5.91 Å². The number of nitrogens with zero attached hydrogens (tertiary/aromatic N) is 1. The van der Waals surface area contributed by atoms with Crippen molar-refractivity contribution >= 4 is 23.5 Å². The number of carboxylic acid groups (broad SMARTS) is 1. The van der Waals surface area contributed by atoms with Crippen molar-refractivity contribution in [2.75, 3.05) is 18.4 Å². The van der Waals surface area contributed by atoms with Gasteiger partial charge in [-0.2, -0.15) is 0 Å².